The van der Waals surface area contributed by atoms with Gasteiger partial charge in [0.05, 0.1) is 0 Å². The minimum Gasteiger partial charge on any atom is -0.347 e. The fourth-order valence-electron chi connectivity index (χ4n) is 1.09. The molecule has 0 saturated heterocycles. The Balaban J connectivity index is 2.72. The second kappa shape index (κ2) is 4.48. The molecule has 1 rings (SSSR count). The predicted octanol–water partition coefficient (Wildman–Crippen LogP) is 1.55. The van der Waals surface area contributed by atoms with Crippen LogP contribution in [0.2, 0.25) is 0 Å². The molecule has 0 aliphatic rings. The van der Waals surface area contributed by atoms with Gasteiger partial charge >= 0.3 is 0 Å². The van der Waals surface area contributed by atoms with E-state index in [2.05, 4.69) is 14.9 Å². The summed E-state index contributed by atoms with van der Waals surface area (Å²) in [5.41, 5.74) is 1.08. The molecule has 0 bridgehead atoms. The van der Waals surface area contributed by atoms with Gasteiger partial charge < -0.3 is 9.88 Å². The molecule has 0 spiro atoms. The quantitative estimate of drug-likeness (QED) is 0.746. The number of nitrogens with zero attached hydrogens (tertiary/aromatic N) is 2. The zero-order valence-corrected chi connectivity index (χ0v) is 9.11. The molecule has 0 unspecified atom stereocenters. The van der Waals surface area contributed by atoms with Crippen LogP contribution in [-0.4, -0.2) is 35.5 Å². The van der Waals surface area contributed by atoms with E-state index in [0.717, 1.165) is 24.5 Å². The first-order chi connectivity index (χ1) is 6.08. The molecule has 72 valence electrons. The smallest absolute Gasteiger partial charge is 0.129 e. The van der Waals surface area contributed by atoms with Crippen LogP contribution in [-0.2, 0) is 6.42 Å². The van der Waals surface area contributed by atoms with Crippen LogP contribution >= 0.6 is 12.2 Å². The van der Waals surface area contributed by atoms with Crippen molar-refractivity contribution in [1.82, 2.24) is 14.9 Å². The number of hydrogen-bond donors (Lipinski definition) is 1. The second-order valence-corrected chi connectivity index (χ2v) is 3.82. The topological polar surface area (TPSA) is 31.9 Å². The number of hydrogen-bond acceptors (Lipinski definition) is 3. The van der Waals surface area contributed by atoms with Crippen molar-refractivity contribution in [3.63, 3.8) is 0 Å². The lowest BCUT2D eigenvalue weighted by atomic mass is 10.3. The average Bonchev–Trinajstić information content (AvgIpc) is 1.99. The second-order valence-electron chi connectivity index (χ2n) is 3.40. The summed E-state index contributed by atoms with van der Waals surface area (Å²) < 4.78 is 0.671. The van der Waals surface area contributed by atoms with Crippen LogP contribution in [0.15, 0.2) is 6.07 Å². The van der Waals surface area contributed by atoms with Gasteiger partial charge in [0.2, 0.25) is 0 Å². The van der Waals surface area contributed by atoms with Crippen LogP contribution < -0.4 is 0 Å². The Kier molecular flexibility index (Phi) is 3.57. The average molecular weight is 197 g/mol. The zero-order valence-electron chi connectivity index (χ0n) is 8.29. The Hall–Kier alpha value is -0.740. The molecule has 0 aliphatic heterocycles. The van der Waals surface area contributed by atoms with E-state index < -0.39 is 0 Å². The fourth-order valence-corrected chi connectivity index (χ4v) is 1.38. The first-order valence-electron chi connectivity index (χ1n) is 4.29. The molecule has 0 atom stereocenters. The van der Waals surface area contributed by atoms with E-state index in [1.165, 1.54) is 0 Å². The molecule has 0 aliphatic carbocycles. The van der Waals surface area contributed by atoms with Gasteiger partial charge in [-0.05, 0) is 27.1 Å². The van der Waals surface area contributed by atoms with Crippen molar-refractivity contribution in [3.8, 4) is 0 Å². The summed E-state index contributed by atoms with van der Waals surface area (Å²) in [6.45, 7) is 2.98. The minimum absolute atomic E-state index is 0.671. The number of H-pyrrole nitrogens is 1. The van der Waals surface area contributed by atoms with Crippen molar-refractivity contribution in [3.05, 3.63) is 22.2 Å². The normalized spacial score (nSPS) is 10.8. The predicted molar refractivity (Wildman–Crippen MR) is 56.4 cm³/mol. The van der Waals surface area contributed by atoms with Crippen LogP contribution in [0, 0.1) is 11.6 Å². The van der Waals surface area contributed by atoms with Gasteiger partial charge in [-0.25, -0.2) is 4.98 Å². The Morgan fingerprint density at radius 2 is 2.23 bits per heavy atom. The van der Waals surface area contributed by atoms with Gasteiger partial charge in [0, 0.05) is 18.7 Å². The Morgan fingerprint density at radius 3 is 2.77 bits per heavy atom. The minimum atomic E-state index is 0.671. The molecule has 13 heavy (non-hydrogen) atoms. The number of aromatic nitrogens is 2. The summed E-state index contributed by atoms with van der Waals surface area (Å²) in [7, 11) is 4.09. The van der Waals surface area contributed by atoms with Gasteiger partial charge in [0.1, 0.15) is 10.5 Å². The highest BCUT2D eigenvalue weighted by Gasteiger charge is 1.97. The number of rotatable bonds is 3. The van der Waals surface area contributed by atoms with Gasteiger partial charge in [-0.1, -0.05) is 12.2 Å². The van der Waals surface area contributed by atoms with E-state index in [1.807, 2.05) is 27.1 Å². The molecule has 1 aromatic heterocycles. The van der Waals surface area contributed by atoms with E-state index in [0.29, 0.717) is 4.64 Å². The zero-order chi connectivity index (χ0) is 9.84. The van der Waals surface area contributed by atoms with E-state index in [-0.39, 0.29) is 0 Å². The monoisotopic (exact) mass is 197 g/mol. The number of nitrogens with one attached hydrogen (secondary N) is 1. The highest BCUT2D eigenvalue weighted by Crippen LogP contribution is 1.97. The third-order valence-electron chi connectivity index (χ3n) is 1.72. The summed E-state index contributed by atoms with van der Waals surface area (Å²) in [5, 5.41) is 0. The molecule has 0 aromatic carbocycles. The number of aryl methyl sites for hydroxylation is 1. The van der Waals surface area contributed by atoms with E-state index in [1.54, 1.807) is 0 Å². The van der Waals surface area contributed by atoms with Crippen LogP contribution in [0.5, 0.6) is 0 Å². The van der Waals surface area contributed by atoms with Crippen LogP contribution in [0.1, 0.15) is 11.5 Å². The SMILES string of the molecule is Cc1cc(=S)nc(CCN(C)C)[nH]1. The lowest BCUT2D eigenvalue weighted by Crippen LogP contribution is -2.16. The molecule has 0 amide bonds. The Morgan fingerprint density at radius 1 is 1.54 bits per heavy atom. The molecular weight excluding hydrogens is 182 g/mol. The largest absolute Gasteiger partial charge is 0.347 e. The fraction of sp³-hybridized carbons (Fsp3) is 0.556. The molecule has 0 radical (unpaired) electrons. The van der Waals surface area contributed by atoms with E-state index in [4.69, 9.17) is 12.2 Å². The van der Waals surface area contributed by atoms with Crippen LogP contribution in [0.4, 0.5) is 0 Å². The first kappa shape index (κ1) is 10.3. The van der Waals surface area contributed by atoms with Crippen LogP contribution in [0.25, 0.3) is 0 Å². The molecule has 1 N–H and O–H groups in total. The Bertz CT molecular complexity index is 330. The number of aromatic amines is 1. The van der Waals surface area contributed by atoms with E-state index in [9.17, 15) is 0 Å². The third kappa shape index (κ3) is 3.65. The van der Waals surface area contributed by atoms with Crippen molar-refractivity contribution < 1.29 is 0 Å². The summed E-state index contributed by atoms with van der Waals surface area (Å²) >= 11 is 5.02. The maximum atomic E-state index is 5.02. The van der Waals surface area contributed by atoms with Crippen molar-refractivity contribution in [1.29, 1.82) is 0 Å². The summed E-state index contributed by atoms with van der Waals surface area (Å²) in [4.78, 5) is 9.56. The lowest BCUT2D eigenvalue weighted by Gasteiger charge is -2.08. The summed E-state index contributed by atoms with van der Waals surface area (Å²) in [6.07, 6.45) is 0.915. The summed E-state index contributed by atoms with van der Waals surface area (Å²) in [6, 6.07) is 1.87. The van der Waals surface area contributed by atoms with Gasteiger partial charge in [-0.15, -0.1) is 0 Å². The van der Waals surface area contributed by atoms with Crippen molar-refractivity contribution in [2.24, 2.45) is 0 Å². The summed E-state index contributed by atoms with van der Waals surface area (Å²) in [5.74, 6) is 0.971. The molecule has 0 fully saturated rings. The molecular formula is C9H15N3S. The van der Waals surface area contributed by atoms with Gasteiger partial charge in [0.25, 0.3) is 0 Å². The molecule has 1 heterocycles. The number of likely N-dealkylation sites (N-methyl/N-ethyl adjacent to an activating group) is 1. The maximum absolute atomic E-state index is 5.02. The highest BCUT2D eigenvalue weighted by molar-refractivity contribution is 7.71. The lowest BCUT2D eigenvalue weighted by molar-refractivity contribution is 0.409. The highest BCUT2D eigenvalue weighted by atomic mass is 32.1. The molecule has 4 heteroatoms. The van der Waals surface area contributed by atoms with Crippen molar-refractivity contribution >= 4 is 12.2 Å². The Labute approximate surface area is 83.8 Å². The van der Waals surface area contributed by atoms with Gasteiger partial charge in [0.15, 0.2) is 0 Å². The molecule has 1 aromatic rings. The third-order valence-corrected chi connectivity index (χ3v) is 1.93. The van der Waals surface area contributed by atoms with Gasteiger partial charge in [-0.2, -0.15) is 0 Å². The van der Waals surface area contributed by atoms with Crippen molar-refractivity contribution in [2.45, 2.75) is 13.3 Å². The molecule has 0 saturated carbocycles. The van der Waals surface area contributed by atoms with Gasteiger partial charge in [-0.3, -0.25) is 0 Å². The van der Waals surface area contributed by atoms with E-state index >= 15 is 0 Å². The molecule has 3 nitrogen and oxygen atoms in total. The maximum Gasteiger partial charge on any atom is 0.129 e. The van der Waals surface area contributed by atoms with Crippen LogP contribution in [0.3, 0.4) is 0 Å². The first-order valence-corrected chi connectivity index (χ1v) is 4.70. The standard InChI is InChI=1S/C9H15N3S/c1-7-6-9(13)11-8(10-7)4-5-12(2)3/h6H,4-5H2,1-3H3,(H,10,11,13). The van der Waals surface area contributed by atoms with Crippen molar-refractivity contribution in [2.75, 3.05) is 20.6 Å².